The molecule has 0 atom stereocenters. The zero-order chi connectivity index (χ0) is 6.97. The number of aromatic nitrogens is 2. The van der Waals surface area contributed by atoms with E-state index in [4.69, 9.17) is 0 Å². The van der Waals surface area contributed by atoms with E-state index >= 15 is 0 Å². The number of fused-ring (bicyclic) bond motifs is 1. The second kappa shape index (κ2) is 1.73. The van der Waals surface area contributed by atoms with Crippen LogP contribution in [-0.2, 0) is 6.54 Å². The Morgan fingerprint density at radius 2 is 2.40 bits per heavy atom. The van der Waals surface area contributed by atoms with Gasteiger partial charge >= 0.3 is 0 Å². The number of anilines is 1. The fourth-order valence-corrected chi connectivity index (χ4v) is 0.913. The van der Waals surface area contributed by atoms with Gasteiger partial charge in [0.1, 0.15) is 5.69 Å². The van der Waals surface area contributed by atoms with Crippen molar-refractivity contribution in [3.63, 3.8) is 0 Å². The molecule has 2 heterocycles. The van der Waals surface area contributed by atoms with Crippen molar-refractivity contribution in [2.24, 2.45) is 4.99 Å². The summed E-state index contributed by atoms with van der Waals surface area (Å²) in [5.41, 5.74) is 1.27. The molecule has 1 aliphatic rings. The SMILES string of the molecule is O=c1[nH][nH]c2c1NC=NC2. The van der Waals surface area contributed by atoms with Crippen molar-refractivity contribution in [3.8, 4) is 0 Å². The second-order valence-electron chi connectivity index (χ2n) is 2.05. The van der Waals surface area contributed by atoms with E-state index in [2.05, 4.69) is 20.5 Å². The van der Waals surface area contributed by atoms with Crippen molar-refractivity contribution >= 4 is 12.0 Å². The van der Waals surface area contributed by atoms with Crippen LogP contribution in [-0.4, -0.2) is 16.5 Å². The molecule has 10 heavy (non-hydrogen) atoms. The fraction of sp³-hybridized carbons (Fsp3) is 0.200. The van der Waals surface area contributed by atoms with Gasteiger partial charge in [0.2, 0.25) is 0 Å². The van der Waals surface area contributed by atoms with E-state index < -0.39 is 0 Å². The normalized spacial score (nSPS) is 14.4. The average molecular weight is 138 g/mol. The van der Waals surface area contributed by atoms with Gasteiger partial charge in [0, 0.05) is 0 Å². The second-order valence-corrected chi connectivity index (χ2v) is 2.05. The molecule has 0 radical (unpaired) electrons. The Morgan fingerprint density at radius 3 is 3.20 bits per heavy atom. The highest BCUT2D eigenvalue weighted by molar-refractivity contribution is 5.78. The summed E-state index contributed by atoms with van der Waals surface area (Å²) in [6.45, 7) is 0.543. The van der Waals surface area contributed by atoms with Crippen LogP contribution in [0.1, 0.15) is 5.69 Å². The molecule has 2 rings (SSSR count). The average Bonchev–Trinajstić information content (AvgIpc) is 2.34. The third kappa shape index (κ3) is 0.570. The highest BCUT2D eigenvalue weighted by Crippen LogP contribution is 2.08. The third-order valence-corrected chi connectivity index (χ3v) is 1.41. The van der Waals surface area contributed by atoms with Crippen molar-refractivity contribution < 1.29 is 0 Å². The summed E-state index contributed by atoms with van der Waals surface area (Å²) in [4.78, 5) is 14.8. The molecular formula is C5H6N4O. The van der Waals surface area contributed by atoms with Gasteiger partial charge in [0.25, 0.3) is 5.56 Å². The molecule has 1 aromatic heterocycles. The number of nitrogens with one attached hydrogen (secondary N) is 3. The maximum atomic E-state index is 10.9. The molecule has 52 valence electrons. The van der Waals surface area contributed by atoms with Crippen LogP contribution in [0, 0.1) is 0 Å². The minimum absolute atomic E-state index is 0.124. The Hall–Kier alpha value is -1.52. The lowest BCUT2D eigenvalue weighted by molar-refractivity contribution is 0.939. The van der Waals surface area contributed by atoms with Gasteiger partial charge in [-0.3, -0.25) is 20.0 Å². The monoisotopic (exact) mass is 138 g/mol. The molecule has 0 aromatic carbocycles. The first-order valence-electron chi connectivity index (χ1n) is 2.92. The van der Waals surface area contributed by atoms with Crippen molar-refractivity contribution in [1.82, 2.24) is 10.2 Å². The lowest BCUT2D eigenvalue weighted by atomic mass is 10.3. The largest absolute Gasteiger partial charge is 0.341 e. The quantitative estimate of drug-likeness (QED) is 0.458. The van der Waals surface area contributed by atoms with Gasteiger partial charge in [-0.2, -0.15) is 0 Å². The smallest absolute Gasteiger partial charge is 0.287 e. The van der Waals surface area contributed by atoms with Gasteiger partial charge in [0.05, 0.1) is 18.6 Å². The molecule has 5 nitrogen and oxygen atoms in total. The van der Waals surface area contributed by atoms with Crippen LogP contribution in [0.15, 0.2) is 9.79 Å². The van der Waals surface area contributed by atoms with E-state index in [-0.39, 0.29) is 5.56 Å². The minimum atomic E-state index is -0.124. The van der Waals surface area contributed by atoms with Gasteiger partial charge in [-0.1, -0.05) is 0 Å². The van der Waals surface area contributed by atoms with Crippen LogP contribution in [0.4, 0.5) is 5.69 Å². The fourth-order valence-electron chi connectivity index (χ4n) is 0.913. The molecule has 0 saturated heterocycles. The molecule has 5 heteroatoms. The van der Waals surface area contributed by atoms with E-state index in [0.717, 1.165) is 5.69 Å². The first-order valence-corrected chi connectivity index (χ1v) is 2.92. The maximum absolute atomic E-state index is 10.9. The Labute approximate surface area is 56.2 Å². The van der Waals surface area contributed by atoms with Crippen molar-refractivity contribution in [1.29, 1.82) is 0 Å². The van der Waals surface area contributed by atoms with E-state index in [9.17, 15) is 4.79 Å². The van der Waals surface area contributed by atoms with Gasteiger partial charge in [-0.25, -0.2) is 0 Å². The van der Waals surface area contributed by atoms with Gasteiger partial charge in [-0.15, -0.1) is 0 Å². The summed E-state index contributed by atoms with van der Waals surface area (Å²) in [7, 11) is 0. The van der Waals surface area contributed by atoms with Crippen molar-refractivity contribution in [3.05, 3.63) is 16.0 Å². The van der Waals surface area contributed by atoms with E-state index in [1.54, 1.807) is 0 Å². The zero-order valence-corrected chi connectivity index (χ0v) is 5.14. The minimum Gasteiger partial charge on any atom is -0.341 e. The Morgan fingerprint density at radius 1 is 1.50 bits per heavy atom. The molecule has 0 saturated carbocycles. The molecule has 0 fully saturated rings. The van der Waals surface area contributed by atoms with Crippen LogP contribution in [0.2, 0.25) is 0 Å². The lowest BCUT2D eigenvalue weighted by Crippen LogP contribution is -2.11. The molecule has 3 N–H and O–H groups in total. The van der Waals surface area contributed by atoms with E-state index in [0.29, 0.717) is 12.2 Å². The number of H-pyrrole nitrogens is 2. The molecule has 0 spiro atoms. The Kier molecular flexibility index (Phi) is 0.913. The van der Waals surface area contributed by atoms with E-state index in [1.165, 1.54) is 6.34 Å². The van der Waals surface area contributed by atoms with E-state index in [1.807, 2.05) is 0 Å². The predicted octanol–water partition coefficient (Wildman–Crippen LogP) is -0.343. The van der Waals surface area contributed by atoms with Crippen molar-refractivity contribution in [2.75, 3.05) is 5.32 Å². The van der Waals surface area contributed by atoms with Crippen LogP contribution in [0.5, 0.6) is 0 Å². The summed E-state index contributed by atoms with van der Waals surface area (Å²) in [5, 5.41) is 7.91. The molecule has 1 aromatic rings. The highest BCUT2D eigenvalue weighted by Gasteiger charge is 2.09. The summed E-state index contributed by atoms with van der Waals surface area (Å²) >= 11 is 0. The molecule has 0 bridgehead atoms. The summed E-state index contributed by atoms with van der Waals surface area (Å²) in [6, 6.07) is 0. The molecule has 1 aliphatic heterocycles. The summed E-state index contributed by atoms with van der Waals surface area (Å²) in [5.74, 6) is 0. The number of rotatable bonds is 0. The summed E-state index contributed by atoms with van der Waals surface area (Å²) < 4.78 is 0. The Bertz CT molecular complexity index is 321. The number of aliphatic imine (C=N–C) groups is 1. The number of aromatic amines is 2. The van der Waals surface area contributed by atoms with Gasteiger partial charge in [-0.05, 0) is 0 Å². The maximum Gasteiger partial charge on any atom is 0.287 e. The standard InChI is InChI=1S/C5H6N4O/c10-5-4-3(8-9-5)1-6-2-7-4/h2H,1H2,(H,6,7)(H2,8,9,10). The number of hydrogen-bond acceptors (Lipinski definition) is 3. The first kappa shape index (κ1) is 5.28. The lowest BCUT2D eigenvalue weighted by Gasteiger charge is -2.02. The number of hydrogen-bond donors (Lipinski definition) is 3. The van der Waals surface area contributed by atoms with Crippen LogP contribution < -0.4 is 10.9 Å². The zero-order valence-electron chi connectivity index (χ0n) is 5.14. The third-order valence-electron chi connectivity index (χ3n) is 1.41. The van der Waals surface area contributed by atoms with Crippen LogP contribution in [0.3, 0.4) is 0 Å². The highest BCUT2D eigenvalue weighted by atomic mass is 16.1. The Balaban J connectivity index is 2.61. The van der Waals surface area contributed by atoms with Crippen molar-refractivity contribution in [2.45, 2.75) is 6.54 Å². The topological polar surface area (TPSA) is 73.0 Å². The summed E-state index contributed by atoms with van der Waals surface area (Å²) in [6.07, 6.45) is 1.52. The molecule has 0 aliphatic carbocycles. The van der Waals surface area contributed by atoms with Crippen LogP contribution >= 0.6 is 0 Å². The molecular weight excluding hydrogens is 132 g/mol. The van der Waals surface area contributed by atoms with Gasteiger partial charge < -0.3 is 5.32 Å². The van der Waals surface area contributed by atoms with Gasteiger partial charge in [0.15, 0.2) is 0 Å². The predicted molar refractivity (Wildman–Crippen MR) is 37.2 cm³/mol. The molecule has 0 unspecified atom stereocenters. The first-order chi connectivity index (χ1) is 4.88. The molecule has 0 amide bonds. The van der Waals surface area contributed by atoms with Crippen LogP contribution in [0.25, 0.3) is 0 Å². The number of nitrogens with zero attached hydrogens (tertiary/aromatic N) is 1.